The molecule has 0 aromatic heterocycles. The third-order valence-electron chi connectivity index (χ3n) is 2.37. The number of hydrogen-bond acceptors (Lipinski definition) is 4. The van der Waals surface area contributed by atoms with E-state index in [0.717, 1.165) is 6.42 Å². The third-order valence-corrected chi connectivity index (χ3v) is 2.37. The van der Waals surface area contributed by atoms with Gasteiger partial charge in [0.05, 0.1) is 40.1 Å². The highest BCUT2D eigenvalue weighted by atomic mass is 16.6. The highest BCUT2D eigenvalue weighted by molar-refractivity contribution is 5.73. The van der Waals surface area contributed by atoms with Crippen LogP contribution in [0.5, 0.6) is 0 Å². The normalized spacial score (nSPS) is 13.2. The van der Waals surface area contributed by atoms with E-state index >= 15 is 0 Å². The van der Waals surface area contributed by atoms with Crippen LogP contribution >= 0.6 is 0 Å². The van der Waals surface area contributed by atoms with Gasteiger partial charge in [0, 0.05) is 0 Å². The van der Waals surface area contributed by atoms with Crippen molar-refractivity contribution in [3.8, 4) is 0 Å². The van der Waals surface area contributed by atoms with E-state index in [1.165, 1.54) is 0 Å². The summed E-state index contributed by atoms with van der Waals surface area (Å²) in [4.78, 5) is 23.3. The van der Waals surface area contributed by atoms with Crippen molar-refractivity contribution in [3.05, 3.63) is 0 Å². The van der Waals surface area contributed by atoms with Gasteiger partial charge in [-0.1, -0.05) is 20.8 Å². The number of rotatable bonds is 8. The first-order valence-corrected chi connectivity index (χ1v) is 6.82. The maximum absolute atomic E-state index is 11.7. The van der Waals surface area contributed by atoms with Gasteiger partial charge in [-0.3, -0.25) is 9.59 Å². The first kappa shape index (κ1) is 17.9. The van der Waals surface area contributed by atoms with E-state index in [1.807, 2.05) is 28.1 Å². The fourth-order valence-corrected chi connectivity index (χ4v) is 1.52. The molecule has 0 N–H and O–H groups in total. The summed E-state index contributed by atoms with van der Waals surface area (Å²) in [6, 6.07) is 0. The van der Waals surface area contributed by atoms with E-state index in [9.17, 15) is 9.59 Å². The number of esters is 2. The predicted octanol–water partition coefficient (Wildman–Crippen LogP) is 1.60. The zero-order chi connectivity index (χ0) is 15.1. The zero-order valence-corrected chi connectivity index (χ0v) is 13.1. The molecule has 5 heteroatoms. The molecule has 0 saturated carbocycles. The lowest BCUT2D eigenvalue weighted by atomic mass is 10.2. The molecule has 0 spiro atoms. The van der Waals surface area contributed by atoms with Crippen LogP contribution in [0.3, 0.4) is 0 Å². The Hall–Kier alpha value is -1.10. The summed E-state index contributed by atoms with van der Waals surface area (Å²) in [6.45, 7) is 6.49. The Balaban J connectivity index is 4.50. The van der Waals surface area contributed by atoms with Crippen molar-refractivity contribution < 1.29 is 23.5 Å². The minimum absolute atomic E-state index is 0.119. The van der Waals surface area contributed by atoms with Gasteiger partial charge in [0.2, 0.25) is 0 Å². The first-order valence-electron chi connectivity index (χ1n) is 6.82. The van der Waals surface area contributed by atoms with Gasteiger partial charge >= 0.3 is 11.9 Å². The van der Waals surface area contributed by atoms with Gasteiger partial charge < -0.3 is 14.0 Å². The van der Waals surface area contributed by atoms with E-state index < -0.39 is 6.10 Å². The highest BCUT2D eigenvalue weighted by Crippen LogP contribution is 2.09. The molecule has 0 saturated heterocycles. The largest absolute Gasteiger partial charge is 0.466 e. The van der Waals surface area contributed by atoms with Gasteiger partial charge in [-0.2, -0.15) is 0 Å². The molecule has 0 rings (SSSR count). The van der Waals surface area contributed by atoms with Gasteiger partial charge in [0.1, 0.15) is 6.54 Å². The quantitative estimate of drug-likeness (QED) is 0.498. The van der Waals surface area contributed by atoms with Gasteiger partial charge in [-0.05, 0) is 6.42 Å². The van der Waals surface area contributed by atoms with Crippen LogP contribution in [0.4, 0.5) is 0 Å². The Morgan fingerprint density at radius 2 is 1.74 bits per heavy atom. The monoisotopic (exact) mass is 274 g/mol. The second-order valence-electron chi connectivity index (χ2n) is 6.11. The van der Waals surface area contributed by atoms with Crippen LogP contribution in [0.1, 0.15) is 33.6 Å². The summed E-state index contributed by atoms with van der Waals surface area (Å²) in [5.74, 6) is -0.778. The zero-order valence-electron chi connectivity index (χ0n) is 13.1. The fourth-order valence-electron chi connectivity index (χ4n) is 1.52. The summed E-state index contributed by atoms with van der Waals surface area (Å²) in [5.41, 5.74) is 0. The van der Waals surface area contributed by atoms with Crippen molar-refractivity contribution in [2.24, 2.45) is 5.92 Å². The van der Waals surface area contributed by atoms with Crippen LogP contribution < -0.4 is 0 Å². The average Bonchev–Trinajstić information content (AvgIpc) is 2.23. The Bertz CT molecular complexity index is 294. The number of likely N-dealkylation sites (N-methyl/N-ethyl adjacent to an activating group) is 1. The summed E-state index contributed by atoms with van der Waals surface area (Å²) in [5, 5.41) is 0. The summed E-state index contributed by atoms with van der Waals surface area (Å²) in [7, 11) is 5.98. The number of ether oxygens (including phenoxy) is 2. The summed E-state index contributed by atoms with van der Waals surface area (Å²) >= 11 is 0. The number of carbonyl (C=O) groups excluding carboxylic acids is 2. The van der Waals surface area contributed by atoms with Crippen molar-refractivity contribution in [1.29, 1.82) is 0 Å². The molecule has 0 aromatic rings. The molecule has 0 bridgehead atoms. The molecule has 0 fully saturated rings. The second-order valence-corrected chi connectivity index (χ2v) is 6.11. The highest BCUT2D eigenvalue weighted by Gasteiger charge is 2.26. The lowest BCUT2D eigenvalue weighted by Gasteiger charge is -2.29. The standard InChI is InChI=1S/C14H28NO4/c1-7-8-18-13(16)9-12(10-15(4,5)6)19-14(17)11(2)3/h11-12H,7-10H2,1-6H3/q+1/t12-/m1/s1. The molecular weight excluding hydrogens is 246 g/mol. The molecule has 5 nitrogen and oxygen atoms in total. The Kier molecular flexibility index (Phi) is 7.68. The molecule has 19 heavy (non-hydrogen) atoms. The van der Waals surface area contributed by atoms with Crippen LogP contribution in [0.25, 0.3) is 0 Å². The van der Waals surface area contributed by atoms with Gasteiger partial charge in [-0.25, -0.2) is 0 Å². The van der Waals surface area contributed by atoms with Crippen LogP contribution in [0.15, 0.2) is 0 Å². The Labute approximate surface area is 116 Å². The van der Waals surface area contributed by atoms with E-state index in [1.54, 1.807) is 13.8 Å². The Morgan fingerprint density at radius 1 is 1.16 bits per heavy atom. The number of carbonyl (C=O) groups is 2. The molecule has 0 aromatic carbocycles. The molecule has 0 radical (unpaired) electrons. The van der Waals surface area contributed by atoms with Crippen molar-refractivity contribution in [3.63, 3.8) is 0 Å². The van der Waals surface area contributed by atoms with Crippen LogP contribution in [-0.2, 0) is 19.1 Å². The van der Waals surface area contributed by atoms with Crippen molar-refractivity contribution in [1.82, 2.24) is 0 Å². The SMILES string of the molecule is CCCOC(=O)C[C@H](C[N+](C)(C)C)OC(=O)C(C)C. The maximum atomic E-state index is 11.7. The minimum Gasteiger partial charge on any atom is -0.466 e. The number of nitrogens with zero attached hydrogens (tertiary/aromatic N) is 1. The topological polar surface area (TPSA) is 52.6 Å². The minimum atomic E-state index is -0.431. The van der Waals surface area contributed by atoms with Gasteiger partial charge in [0.25, 0.3) is 0 Å². The predicted molar refractivity (Wildman–Crippen MR) is 73.5 cm³/mol. The van der Waals surface area contributed by atoms with Crippen LogP contribution in [0.2, 0.25) is 0 Å². The van der Waals surface area contributed by atoms with Gasteiger partial charge in [-0.15, -0.1) is 0 Å². The number of quaternary nitrogens is 1. The Morgan fingerprint density at radius 3 is 2.16 bits per heavy atom. The van der Waals surface area contributed by atoms with Crippen molar-refractivity contribution in [2.45, 2.75) is 39.7 Å². The van der Waals surface area contributed by atoms with E-state index in [4.69, 9.17) is 9.47 Å². The second kappa shape index (κ2) is 8.15. The summed E-state index contributed by atoms with van der Waals surface area (Å²) < 4.78 is 11.0. The van der Waals surface area contributed by atoms with Crippen LogP contribution in [-0.4, -0.2) is 56.8 Å². The van der Waals surface area contributed by atoms with Crippen molar-refractivity contribution in [2.75, 3.05) is 34.3 Å². The molecule has 0 heterocycles. The van der Waals surface area contributed by atoms with Crippen molar-refractivity contribution >= 4 is 11.9 Å². The van der Waals surface area contributed by atoms with E-state index in [0.29, 0.717) is 17.6 Å². The average molecular weight is 274 g/mol. The lowest BCUT2D eigenvalue weighted by Crippen LogP contribution is -2.44. The lowest BCUT2D eigenvalue weighted by molar-refractivity contribution is -0.873. The molecule has 0 aliphatic carbocycles. The molecular formula is C14H28NO4+. The molecule has 112 valence electrons. The van der Waals surface area contributed by atoms with Gasteiger partial charge in [0.15, 0.2) is 6.10 Å². The van der Waals surface area contributed by atoms with Crippen LogP contribution in [0, 0.1) is 5.92 Å². The molecule has 0 amide bonds. The first-order chi connectivity index (χ1) is 8.65. The summed E-state index contributed by atoms with van der Waals surface area (Å²) in [6.07, 6.45) is 0.477. The maximum Gasteiger partial charge on any atom is 0.309 e. The fraction of sp³-hybridized carbons (Fsp3) is 0.857. The molecule has 0 unspecified atom stereocenters. The van der Waals surface area contributed by atoms with E-state index in [-0.39, 0.29) is 24.3 Å². The molecule has 0 aliphatic heterocycles. The number of hydrogen-bond donors (Lipinski definition) is 0. The molecule has 1 atom stereocenters. The van der Waals surface area contributed by atoms with E-state index in [2.05, 4.69) is 0 Å². The third kappa shape index (κ3) is 9.47. The smallest absolute Gasteiger partial charge is 0.309 e. The molecule has 0 aliphatic rings.